The smallest absolute Gasteiger partial charge is 0.258 e. The third-order valence-corrected chi connectivity index (χ3v) is 5.71. The molecule has 1 saturated heterocycles. The predicted molar refractivity (Wildman–Crippen MR) is 81.8 cm³/mol. The molecule has 0 aliphatic carbocycles. The fourth-order valence-electron chi connectivity index (χ4n) is 2.24. The number of hydrogen-bond donors (Lipinski definition) is 1. The lowest BCUT2D eigenvalue weighted by molar-refractivity contribution is -0.124. The van der Waals surface area contributed by atoms with Crippen LogP contribution in [0, 0.1) is 0 Å². The fraction of sp³-hybridized carbons (Fsp3) is 0.462. The molecule has 5 nitrogen and oxygen atoms in total. The highest BCUT2D eigenvalue weighted by Gasteiger charge is 2.39. The first-order chi connectivity index (χ1) is 9.71. The number of hydrogen-bond acceptors (Lipinski definition) is 4. The van der Waals surface area contributed by atoms with Gasteiger partial charge in [0.05, 0.1) is 27.1 Å². The van der Waals surface area contributed by atoms with E-state index in [2.05, 4.69) is 5.32 Å². The first kappa shape index (κ1) is 16.4. The highest BCUT2D eigenvalue weighted by atomic mass is 35.5. The zero-order valence-electron chi connectivity index (χ0n) is 11.4. The molecule has 1 aromatic carbocycles. The third kappa shape index (κ3) is 4.25. The molecule has 1 amide bonds. The van der Waals surface area contributed by atoms with E-state index in [9.17, 15) is 13.2 Å². The van der Waals surface area contributed by atoms with Gasteiger partial charge in [-0.05, 0) is 25.5 Å². The maximum Gasteiger partial charge on any atom is 0.258 e. The standard InChI is InChI=1S/C13H15Cl2NO4S/c1-13(5-6-21(18,19)8-13)16-11(17)7-20-12-9(14)3-2-4-10(12)15/h2-4H,5-8H2,1H3,(H,16,17)/t13-/m0/s1. The predicted octanol–water partition coefficient (Wildman–Crippen LogP) is 2.07. The summed E-state index contributed by atoms with van der Waals surface area (Å²) in [5.74, 6) is -0.148. The molecule has 1 fully saturated rings. The molecule has 0 radical (unpaired) electrons. The van der Waals surface area contributed by atoms with Gasteiger partial charge in [-0.2, -0.15) is 0 Å². The lowest BCUT2D eigenvalue weighted by Crippen LogP contribution is -2.48. The summed E-state index contributed by atoms with van der Waals surface area (Å²) in [7, 11) is -3.08. The molecule has 1 aliphatic heterocycles. The zero-order valence-corrected chi connectivity index (χ0v) is 13.7. The van der Waals surface area contributed by atoms with Crippen molar-refractivity contribution in [3.63, 3.8) is 0 Å². The van der Waals surface area contributed by atoms with Crippen molar-refractivity contribution in [3.05, 3.63) is 28.2 Å². The largest absolute Gasteiger partial charge is 0.481 e. The highest BCUT2D eigenvalue weighted by molar-refractivity contribution is 7.91. The molecule has 21 heavy (non-hydrogen) atoms. The second-order valence-corrected chi connectivity index (χ2v) is 8.29. The van der Waals surface area contributed by atoms with Crippen molar-refractivity contribution < 1.29 is 17.9 Å². The molecule has 1 aromatic rings. The molecular formula is C13H15Cl2NO4S. The summed E-state index contributed by atoms with van der Waals surface area (Å²) >= 11 is 11.9. The maximum atomic E-state index is 11.9. The van der Waals surface area contributed by atoms with E-state index in [-0.39, 0.29) is 23.9 Å². The SMILES string of the molecule is C[C@]1(NC(=O)COc2c(Cl)cccc2Cl)CCS(=O)(=O)C1. The molecule has 2 rings (SSSR count). The average molecular weight is 352 g/mol. The van der Waals surface area contributed by atoms with Crippen molar-refractivity contribution in [1.82, 2.24) is 5.32 Å². The van der Waals surface area contributed by atoms with Crippen molar-refractivity contribution in [1.29, 1.82) is 0 Å². The third-order valence-electron chi connectivity index (χ3n) is 3.21. The summed E-state index contributed by atoms with van der Waals surface area (Å²) in [5.41, 5.74) is -0.746. The van der Waals surface area contributed by atoms with E-state index in [0.29, 0.717) is 16.5 Å². The van der Waals surface area contributed by atoms with E-state index >= 15 is 0 Å². The molecule has 0 saturated carbocycles. The Hall–Kier alpha value is -0.980. The quantitative estimate of drug-likeness (QED) is 0.900. The van der Waals surface area contributed by atoms with Crippen LogP contribution in [0.4, 0.5) is 0 Å². The van der Waals surface area contributed by atoms with Gasteiger partial charge in [0.25, 0.3) is 5.91 Å². The van der Waals surface area contributed by atoms with E-state index in [4.69, 9.17) is 27.9 Å². The minimum atomic E-state index is -3.08. The van der Waals surface area contributed by atoms with E-state index in [1.165, 1.54) is 0 Å². The van der Waals surface area contributed by atoms with E-state index in [0.717, 1.165) is 0 Å². The number of carbonyl (C=O) groups excluding carboxylic acids is 1. The van der Waals surface area contributed by atoms with E-state index in [1.54, 1.807) is 25.1 Å². The van der Waals surface area contributed by atoms with Crippen LogP contribution in [0.1, 0.15) is 13.3 Å². The van der Waals surface area contributed by atoms with Gasteiger partial charge in [0.15, 0.2) is 22.2 Å². The van der Waals surface area contributed by atoms with E-state index in [1.807, 2.05) is 0 Å². The number of sulfone groups is 1. The van der Waals surface area contributed by atoms with Crippen LogP contribution in [0.3, 0.4) is 0 Å². The van der Waals surface area contributed by atoms with Gasteiger partial charge in [-0.15, -0.1) is 0 Å². The van der Waals surface area contributed by atoms with Gasteiger partial charge in [-0.25, -0.2) is 8.42 Å². The minimum Gasteiger partial charge on any atom is -0.481 e. The Kier molecular flexibility index (Phi) is 4.70. The number of rotatable bonds is 4. The first-order valence-electron chi connectivity index (χ1n) is 6.29. The number of benzene rings is 1. The highest BCUT2D eigenvalue weighted by Crippen LogP contribution is 2.32. The molecule has 116 valence electrons. The van der Waals surface area contributed by atoms with Crippen LogP contribution in [0.5, 0.6) is 5.75 Å². The molecule has 0 spiro atoms. The normalized spacial score (nSPS) is 23.8. The van der Waals surface area contributed by atoms with Crippen molar-refractivity contribution in [2.75, 3.05) is 18.1 Å². The summed E-state index contributed by atoms with van der Waals surface area (Å²) in [6.45, 7) is 1.43. The van der Waals surface area contributed by atoms with Gasteiger partial charge in [0, 0.05) is 0 Å². The monoisotopic (exact) mass is 351 g/mol. The van der Waals surface area contributed by atoms with Crippen LogP contribution in [0.25, 0.3) is 0 Å². The molecule has 1 aliphatic rings. The lowest BCUT2D eigenvalue weighted by atomic mass is 10.0. The summed E-state index contributed by atoms with van der Waals surface area (Å²) in [6, 6.07) is 4.87. The second-order valence-electron chi connectivity index (χ2n) is 5.29. The summed E-state index contributed by atoms with van der Waals surface area (Å²) in [5, 5.41) is 3.31. The summed E-state index contributed by atoms with van der Waals surface area (Å²) in [4.78, 5) is 11.9. The summed E-state index contributed by atoms with van der Waals surface area (Å²) in [6.07, 6.45) is 0.397. The Morgan fingerprint density at radius 3 is 2.52 bits per heavy atom. The van der Waals surface area contributed by atoms with Crippen molar-refractivity contribution in [3.8, 4) is 5.75 Å². The first-order valence-corrected chi connectivity index (χ1v) is 8.87. The number of halogens is 2. The Labute approximate surface area is 133 Å². The van der Waals surface area contributed by atoms with Crippen LogP contribution in [0.15, 0.2) is 18.2 Å². The zero-order chi connectivity index (χ0) is 15.7. The molecule has 0 unspecified atom stereocenters. The van der Waals surface area contributed by atoms with Crippen LogP contribution >= 0.6 is 23.2 Å². The molecule has 1 N–H and O–H groups in total. The Morgan fingerprint density at radius 2 is 2.00 bits per heavy atom. The van der Waals surface area contributed by atoms with Gasteiger partial charge < -0.3 is 10.1 Å². The fourth-order valence-corrected chi connectivity index (χ4v) is 4.84. The van der Waals surface area contributed by atoms with E-state index < -0.39 is 21.3 Å². The lowest BCUT2D eigenvalue weighted by Gasteiger charge is -2.23. The Morgan fingerprint density at radius 1 is 1.38 bits per heavy atom. The number of amides is 1. The molecule has 1 heterocycles. The van der Waals surface area contributed by atoms with Gasteiger partial charge in [-0.1, -0.05) is 29.3 Å². The van der Waals surface area contributed by atoms with Gasteiger partial charge >= 0.3 is 0 Å². The molecular weight excluding hydrogens is 337 g/mol. The van der Waals surface area contributed by atoms with Crippen LogP contribution < -0.4 is 10.1 Å². The minimum absolute atomic E-state index is 0.0570. The van der Waals surface area contributed by atoms with Crippen molar-refractivity contribution in [2.45, 2.75) is 18.9 Å². The van der Waals surface area contributed by atoms with Crippen molar-refractivity contribution >= 4 is 38.9 Å². The van der Waals surface area contributed by atoms with Crippen molar-refractivity contribution in [2.24, 2.45) is 0 Å². The molecule has 0 aromatic heterocycles. The van der Waals surface area contributed by atoms with Gasteiger partial charge in [-0.3, -0.25) is 4.79 Å². The number of para-hydroxylation sites is 1. The Balaban J connectivity index is 1.94. The average Bonchev–Trinajstić information content (AvgIpc) is 2.62. The number of nitrogens with one attached hydrogen (secondary N) is 1. The Bertz CT molecular complexity index is 642. The van der Waals surface area contributed by atoms with Gasteiger partial charge in [0.2, 0.25) is 0 Å². The molecule has 1 atom stereocenters. The molecule has 8 heteroatoms. The van der Waals surface area contributed by atoms with Crippen LogP contribution in [-0.2, 0) is 14.6 Å². The maximum absolute atomic E-state index is 11.9. The number of carbonyl (C=O) groups is 1. The van der Waals surface area contributed by atoms with Crippen LogP contribution in [-0.4, -0.2) is 38.0 Å². The number of ether oxygens (including phenoxy) is 1. The van der Waals surface area contributed by atoms with Crippen LogP contribution in [0.2, 0.25) is 10.0 Å². The topological polar surface area (TPSA) is 72.5 Å². The molecule has 0 bridgehead atoms. The summed E-state index contributed by atoms with van der Waals surface area (Å²) < 4.78 is 28.3. The second kappa shape index (κ2) is 6.02. The van der Waals surface area contributed by atoms with Gasteiger partial charge in [0.1, 0.15) is 0 Å².